The molecule has 0 spiro atoms. The molecule has 15 nitrogen and oxygen atoms in total. The zero-order valence-corrected chi connectivity index (χ0v) is 23.1. The van der Waals surface area contributed by atoms with E-state index < -0.39 is 66.1 Å². The first-order valence-electron chi connectivity index (χ1n) is 13.0. The van der Waals surface area contributed by atoms with Gasteiger partial charge in [0.2, 0.25) is 5.91 Å². The Morgan fingerprint density at radius 2 is 1.59 bits per heavy atom. The largest absolute Gasteiger partial charge is 0.494 e. The molecule has 8 N–H and O–H groups in total. The van der Waals surface area contributed by atoms with Gasteiger partial charge in [-0.3, -0.25) is 19.2 Å². The number of benzene rings is 1. The molecule has 1 aromatic carbocycles. The third-order valence-electron chi connectivity index (χ3n) is 5.84. The quantitative estimate of drug-likeness (QED) is 0.118. The minimum absolute atomic E-state index is 0.0430. The summed E-state index contributed by atoms with van der Waals surface area (Å²) in [4.78, 5) is 71.8. The van der Waals surface area contributed by atoms with Gasteiger partial charge in [-0.2, -0.15) is 0 Å². The van der Waals surface area contributed by atoms with Gasteiger partial charge in [0.1, 0.15) is 30.0 Å². The molecule has 0 saturated carbocycles. The van der Waals surface area contributed by atoms with E-state index >= 15 is 0 Å². The molecular formula is C26H38N4O11. The first-order chi connectivity index (χ1) is 19.3. The highest BCUT2D eigenvalue weighted by molar-refractivity contribution is 5.97. The Hall–Kier alpha value is -4.40. The molecule has 0 aromatic heterocycles. The average Bonchev–Trinajstić information content (AvgIpc) is 2.90. The van der Waals surface area contributed by atoms with Crippen molar-refractivity contribution in [3.05, 3.63) is 29.8 Å². The summed E-state index contributed by atoms with van der Waals surface area (Å²) >= 11 is 0. The molecule has 1 unspecified atom stereocenters. The number of rotatable bonds is 18. The predicted molar refractivity (Wildman–Crippen MR) is 143 cm³/mol. The zero-order valence-electron chi connectivity index (χ0n) is 23.1. The van der Waals surface area contributed by atoms with Crippen LogP contribution in [0, 0.1) is 0 Å². The molecule has 41 heavy (non-hydrogen) atoms. The van der Waals surface area contributed by atoms with Crippen LogP contribution in [0.3, 0.4) is 0 Å². The van der Waals surface area contributed by atoms with Crippen LogP contribution in [0.2, 0.25) is 0 Å². The highest BCUT2D eigenvalue weighted by Gasteiger charge is 2.32. The first kappa shape index (κ1) is 34.6. The molecule has 1 aromatic rings. The number of ether oxygens (including phenoxy) is 2. The maximum Gasteiger partial charge on any atom is 0.408 e. The minimum atomic E-state index is -1.68. The van der Waals surface area contributed by atoms with Crippen molar-refractivity contribution in [1.82, 2.24) is 16.0 Å². The lowest BCUT2D eigenvalue weighted by Gasteiger charge is -2.24. The average molecular weight is 583 g/mol. The van der Waals surface area contributed by atoms with E-state index in [0.717, 1.165) is 12.8 Å². The number of nitrogens with one attached hydrogen (secondary N) is 3. The van der Waals surface area contributed by atoms with Gasteiger partial charge in [-0.25, -0.2) is 9.59 Å². The lowest BCUT2D eigenvalue weighted by atomic mass is 10.0. The Bertz CT molecular complexity index is 1080. The molecule has 0 aliphatic heterocycles. The fourth-order valence-corrected chi connectivity index (χ4v) is 3.39. The molecule has 0 radical (unpaired) electrons. The van der Waals surface area contributed by atoms with E-state index in [1.807, 2.05) is 6.92 Å². The summed E-state index contributed by atoms with van der Waals surface area (Å²) < 4.78 is 10.7. The Balaban J connectivity index is 2.90. The summed E-state index contributed by atoms with van der Waals surface area (Å²) in [5.41, 5.74) is 5.57. The highest BCUT2D eigenvalue weighted by Crippen LogP contribution is 2.15. The molecule has 0 saturated heterocycles. The number of alkyl carbamates (subject to hydrolysis) is 1. The molecule has 0 fully saturated rings. The summed E-state index contributed by atoms with van der Waals surface area (Å²) in [5, 5.41) is 34.3. The van der Waals surface area contributed by atoms with Gasteiger partial charge < -0.3 is 46.5 Å². The number of hydrogen-bond acceptors (Lipinski definition) is 9. The Labute approximate surface area is 236 Å². The number of hydrogen-bond donors (Lipinski definition) is 7. The second kappa shape index (κ2) is 17.3. The van der Waals surface area contributed by atoms with Crippen molar-refractivity contribution in [2.24, 2.45) is 5.73 Å². The Morgan fingerprint density at radius 1 is 0.902 bits per heavy atom. The Kier molecular flexibility index (Phi) is 14.6. The molecule has 0 heterocycles. The number of aliphatic carboxylic acids is 3. The summed E-state index contributed by atoms with van der Waals surface area (Å²) in [7, 11) is 0. The molecule has 0 bridgehead atoms. The summed E-state index contributed by atoms with van der Waals surface area (Å²) in [5.74, 6) is -5.32. The lowest BCUT2D eigenvalue weighted by molar-refractivity contribution is -0.142. The van der Waals surface area contributed by atoms with Gasteiger partial charge in [0.15, 0.2) is 6.04 Å². The van der Waals surface area contributed by atoms with E-state index in [2.05, 4.69) is 16.0 Å². The molecule has 0 aliphatic rings. The number of carboxylic acid groups (broad SMARTS) is 3. The van der Waals surface area contributed by atoms with Crippen molar-refractivity contribution < 1.29 is 53.6 Å². The number of unbranched alkanes of at least 4 members (excludes halogenated alkanes) is 1. The maximum atomic E-state index is 12.7. The van der Waals surface area contributed by atoms with Crippen molar-refractivity contribution in [2.75, 3.05) is 6.61 Å². The van der Waals surface area contributed by atoms with Crippen LogP contribution in [0.25, 0.3) is 0 Å². The normalized spacial score (nSPS) is 14.3. The first-order valence-corrected chi connectivity index (χ1v) is 13.0. The summed E-state index contributed by atoms with van der Waals surface area (Å²) in [6.07, 6.45) is -1.02. The number of nitrogens with two attached hydrogens (primary N) is 1. The van der Waals surface area contributed by atoms with Crippen molar-refractivity contribution in [2.45, 2.75) is 83.1 Å². The second-order valence-electron chi connectivity index (χ2n) is 9.27. The van der Waals surface area contributed by atoms with Crippen LogP contribution in [-0.4, -0.2) is 88.0 Å². The number of carboxylic acids is 3. The highest BCUT2D eigenvalue weighted by atomic mass is 16.6. The van der Waals surface area contributed by atoms with Crippen molar-refractivity contribution >= 4 is 35.8 Å². The molecule has 1 rings (SSSR count). The molecule has 15 heteroatoms. The second-order valence-corrected chi connectivity index (χ2v) is 9.27. The van der Waals surface area contributed by atoms with E-state index in [-0.39, 0.29) is 24.8 Å². The SMILES string of the molecule is CCCCOc1cccc(C(=O)N[C@@H](C(=O)O)C(C)OC(=O)N[C@@H](CCC[C@@H](N)C(=O)O)C(=O)N[C@H](C)C(=O)O)c1. The number of carbonyl (C=O) groups is 6. The fraction of sp³-hybridized carbons (Fsp3) is 0.538. The maximum absolute atomic E-state index is 12.7. The zero-order chi connectivity index (χ0) is 31.1. The van der Waals surface area contributed by atoms with Gasteiger partial charge in [0.05, 0.1) is 6.61 Å². The molecule has 0 aliphatic carbocycles. The van der Waals surface area contributed by atoms with E-state index in [0.29, 0.717) is 12.4 Å². The van der Waals surface area contributed by atoms with Gasteiger partial charge in [-0.15, -0.1) is 0 Å². The standard InChI is InChI=1S/C26H38N4O11/c1-4-5-12-40-17-9-6-8-16(13-17)21(31)30-20(25(37)38)15(3)41-26(39)29-19(11-7-10-18(27)24(35)36)22(32)28-14(2)23(33)34/h6,8-9,13-15,18-20H,4-5,7,10-12,27H2,1-3H3,(H,28,32)(H,29,39)(H,30,31)(H,33,34)(H,35,36)(H,37,38)/t14-,15?,18-,19+,20-/m1/s1. The van der Waals surface area contributed by atoms with Crippen LogP contribution >= 0.6 is 0 Å². The third-order valence-corrected chi connectivity index (χ3v) is 5.84. The summed E-state index contributed by atoms with van der Waals surface area (Å²) in [6, 6.07) is 0.570. The number of carbonyl (C=O) groups excluding carboxylic acids is 3. The van der Waals surface area contributed by atoms with Gasteiger partial charge in [-0.1, -0.05) is 19.4 Å². The van der Waals surface area contributed by atoms with E-state index in [4.69, 9.17) is 25.4 Å². The monoisotopic (exact) mass is 582 g/mol. The van der Waals surface area contributed by atoms with Crippen LogP contribution < -0.4 is 26.4 Å². The van der Waals surface area contributed by atoms with Crippen LogP contribution in [0.1, 0.15) is 63.2 Å². The molecule has 3 amide bonds. The van der Waals surface area contributed by atoms with Gasteiger partial charge >= 0.3 is 24.0 Å². The van der Waals surface area contributed by atoms with Gasteiger partial charge in [-0.05, 0) is 57.7 Å². The van der Waals surface area contributed by atoms with E-state index in [1.54, 1.807) is 12.1 Å². The van der Waals surface area contributed by atoms with Crippen molar-refractivity contribution in [1.29, 1.82) is 0 Å². The molecule has 5 atom stereocenters. The smallest absolute Gasteiger partial charge is 0.408 e. The van der Waals surface area contributed by atoms with Crippen LogP contribution in [-0.2, 0) is 23.9 Å². The summed E-state index contributed by atoms with van der Waals surface area (Å²) in [6.45, 7) is 4.86. The predicted octanol–water partition coefficient (Wildman–Crippen LogP) is 0.703. The Morgan fingerprint density at radius 3 is 2.17 bits per heavy atom. The number of amides is 3. The van der Waals surface area contributed by atoms with E-state index in [9.17, 15) is 33.9 Å². The van der Waals surface area contributed by atoms with Crippen LogP contribution in [0.4, 0.5) is 4.79 Å². The van der Waals surface area contributed by atoms with Crippen LogP contribution in [0.15, 0.2) is 24.3 Å². The lowest BCUT2D eigenvalue weighted by Crippen LogP contribution is -2.53. The molecular weight excluding hydrogens is 544 g/mol. The van der Waals surface area contributed by atoms with Crippen LogP contribution in [0.5, 0.6) is 5.75 Å². The molecule has 228 valence electrons. The fourth-order valence-electron chi connectivity index (χ4n) is 3.39. The minimum Gasteiger partial charge on any atom is -0.494 e. The van der Waals surface area contributed by atoms with Crippen molar-refractivity contribution in [3.63, 3.8) is 0 Å². The van der Waals surface area contributed by atoms with E-state index in [1.165, 1.54) is 26.0 Å². The van der Waals surface area contributed by atoms with Gasteiger partial charge in [0, 0.05) is 5.56 Å². The van der Waals surface area contributed by atoms with Gasteiger partial charge in [0.25, 0.3) is 5.91 Å². The van der Waals surface area contributed by atoms with Crippen molar-refractivity contribution in [3.8, 4) is 5.75 Å². The topological polar surface area (TPSA) is 244 Å². The third kappa shape index (κ3) is 12.5.